The first-order chi connectivity index (χ1) is 13.8. The minimum Gasteiger partial charge on any atom is -0.371 e. The molecule has 0 saturated carbocycles. The molecule has 0 spiro atoms. The van der Waals surface area contributed by atoms with Gasteiger partial charge in [-0.2, -0.15) is 0 Å². The summed E-state index contributed by atoms with van der Waals surface area (Å²) in [6, 6.07) is 11.9. The number of urea groups is 1. The number of thiol groups is 1. The molecule has 29 heavy (non-hydrogen) atoms. The maximum atomic E-state index is 12.6. The molecule has 0 bridgehead atoms. The lowest BCUT2D eigenvalue weighted by Gasteiger charge is -2.25. The number of hydrogen-bond acceptors (Lipinski definition) is 4. The van der Waals surface area contributed by atoms with Gasteiger partial charge in [-0.15, -0.1) is 0 Å². The van der Waals surface area contributed by atoms with Crippen LogP contribution in [0.2, 0.25) is 5.02 Å². The van der Waals surface area contributed by atoms with E-state index < -0.39 is 6.03 Å². The summed E-state index contributed by atoms with van der Waals surface area (Å²) in [6.07, 6.45) is 2.04. The fourth-order valence-corrected chi connectivity index (χ4v) is 3.33. The molecule has 156 valence electrons. The Morgan fingerprint density at radius 3 is 2.10 bits per heavy atom. The van der Waals surface area contributed by atoms with Crippen LogP contribution >= 0.6 is 24.4 Å². The fraction of sp³-hybridized carbons (Fsp3) is 0.333. The van der Waals surface area contributed by atoms with Crippen molar-refractivity contribution in [2.45, 2.75) is 33.6 Å². The number of anilines is 4. The predicted octanol–water partition coefficient (Wildman–Crippen LogP) is 5.81. The number of amides is 3. The Bertz CT molecular complexity index is 839. The minimum atomic E-state index is -0.411. The third kappa shape index (κ3) is 6.87. The number of nitrogens with one attached hydrogen (secondary N) is 2. The number of carbonyl (C=O) groups is 2. The van der Waals surface area contributed by atoms with Gasteiger partial charge >= 0.3 is 6.03 Å². The van der Waals surface area contributed by atoms with Gasteiger partial charge in [-0.1, -0.05) is 38.3 Å². The van der Waals surface area contributed by atoms with Gasteiger partial charge in [-0.05, 0) is 55.3 Å². The lowest BCUT2D eigenvalue weighted by atomic mass is 10.2. The highest BCUT2D eigenvalue weighted by atomic mass is 35.5. The van der Waals surface area contributed by atoms with Gasteiger partial charge in [0, 0.05) is 42.1 Å². The van der Waals surface area contributed by atoms with Crippen molar-refractivity contribution in [3.05, 3.63) is 47.5 Å². The first kappa shape index (κ1) is 22.9. The topological polar surface area (TPSA) is 64.7 Å². The van der Waals surface area contributed by atoms with Crippen molar-refractivity contribution in [1.29, 1.82) is 0 Å². The Hall–Kier alpha value is -2.38. The average molecular weight is 435 g/mol. The molecule has 0 heterocycles. The Kier molecular flexibility index (Phi) is 8.67. The Labute approximate surface area is 182 Å². The van der Waals surface area contributed by atoms with E-state index in [1.807, 2.05) is 12.1 Å². The molecule has 2 aromatic carbocycles. The summed E-state index contributed by atoms with van der Waals surface area (Å²) in [4.78, 5) is 26.0. The average Bonchev–Trinajstić information content (AvgIpc) is 2.67. The van der Waals surface area contributed by atoms with Gasteiger partial charge in [0.25, 0.3) is 0 Å². The first-order valence-electron chi connectivity index (χ1n) is 9.57. The number of carbonyl (C=O) groups excluding carboxylic acids is 2. The molecule has 0 atom stereocenters. The van der Waals surface area contributed by atoms with Crippen LogP contribution in [0.25, 0.3) is 0 Å². The molecule has 0 aliphatic carbocycles. The molecule has 0 fully saturated rings. The second kappa shape index (κ2) is 11.0. The number of rotatable bonds is 8. The van der Waals surface area contributed by atoms with E-state index in [1.165, 1.54) is 11.2 Å². The normalized spacial score (nSPS) is 10.4. The monoisotopic (exact) mass is 434 g/mol. The zero-order chi connectivity index (χ0) is 21.4. The van der Waals surface area contributed by atoms with Crippen LogP contribution in [0, 0.1) is 0 Å². The smallest absolute Gasteiger partial charge is 0.336 e. The highest BCUT2D eigenvalue weighted by Gasteiger charge is 2.14. The molecule has 2 aromatic rings. The van der Waals surface area contributed by atoms with Crippen LogP contribution in [-0.4, -0.2) is 25.0 Å². The van der Waals surface area contributed by atoms with Crippen molar-refractivity contribution >= 4 is 59.1 Å². The van der Waals surface area contributed by atoms with E-state index in [2.05, 4.69) is 42.2 Å². The highest BCUT2D eigenvalue weighted by Crippen LogP contribution is 2.27. The molecule has 0 unspecified atom stereocenters. The van der Waals surface area contributed by atoms with Crippen LogP contribution in [0.1, 0.15) is 33.6 Å². The Balaban J connectivity index is 2.13. The third-order valence-corrected chi connectivity index (χ3v) is 4.74. The molecule has 2 N–H and O–H groups in total. The van der Waals surface area contributed by atoms with E-state index >= 15 is 0 Å². The van der Waals surface area contributed by atoms with Crippen molar-refractivity contribution in [3.8, 4) is 0 Å². The van der Waals surface area contributed by atoms with Crippen molar-refractivity contribution in [2.24, 2.45) is 0 Å². The maximum absolute atomic E-state index is 12.6. The summed E-state index contributed by atoms with van der Waals surface area (Å²) in [5, 5.41) is 6.07. The molecule has 2 rings (SSSR count). The van der Waals surface area contributed by atoms with Crippen molar-refractivity contribution in [3.63, 3.8) is 0 Å². The van der Waals surface area contributed by atoms with E-state index in [0.717, 1.165) is 31.6 Å². The summed E-state index contributed by atoms with van der Waals surface area (Å²) in [6.45, 7) is 7.53. The molecule has 0 aromatic heterocycles. The lowest BCUT2D eigenvalue weighted by molar-refractivity contribution is -0.114. The van der Waals surface area contributed by atoms with Gasteiger partial charge in [-0.25, -0.2) is 9.10 Å². The number of nitrogens with zero attached hydrogens (tertiary/aromatic N) is 2. The molecule has 3 amide bonds. The van der Waals surface area contributed by atoms with Crippen LogP contribution in [0.3, 0.4) is 0 Å². The van der Waals surface area contributed by atoms with Crippen LogP contribution < -0.4 is 19.8 Å². The molecule has 0 saturated heterocycles. The first-order valence-corrected chi connectivity index (χ1v) is 10.3. The predicted molar refractivity (Wildman–Crippen MR) is 125 cm³/mol. The summed E-state index contributed by atoms with van der Waals surface area (Å²) in [7, 11) is 0. The van der Waals surface area contributed by atoms with Gasteiger partial charge in [0.15, 0.2) is 0 Å². The Morgan fingerprint density at radius 2 is 1.55 bits per heavy atom. The molecule has 8 heteroatoms. The highest BCUT2D eigenvalue weighted by molar-refractivity contribution is 7.82. The van der Waals surface area contributed by atoms with Crippen LogP contribution in [0.15, 0.2) is 42.5 Å². The van der Waals surface area contributed by atoms with E-state index in [4.69, 9.17) is 11.6 Å². The molecule has 0 aliphatic rings. The SMILES string of the molecule is CCCN(CCC)c1cc(Cl)cc(NC(=O)N(S)c2ccc(NC(C)=O)cc2)c1. The molecule has 0 aliphatic heterocycles. The van der Waals surface area contributed by atoms with Crippen LogP contribution in [-0.2, 0) is 4.79 Å². The number of hydrogen-bond donors (Lipinski definition) is 3. The van der Waals surface area contributed by atoms with Gasteiger partial charge in [0.1, 0.15) is 0 Å². The van der Waals surface area contributed by atoms with Crippen molar-refractivity contribution < 1.29 is 9.59 Å². The standard InChI is InChI=1S/C21H27ClN4O2S/c1-4-10-25(11-5-2)20-13-16(22)12-18(14-20)24-21(28)26(29)19-8-6-17(7-9-19)23-15(3)27/h6-9,12-14,29H,4-5,10-11H2,1-3H3,(H,23,27)(H,24,28). The third-order valence-electron chi connectivity index (χ3n) is 4.11. The lowest BCUT2D eigenvalue weighted by Crippen LogP contribution is -2.27. The van der Waals surface area contributed by atoms with E-state index in [0.29, 0.717) is 22.1 Å². The second-order valence-electron chi connectivity index (χ2n) is 6.66. The van der Waals surface area contributed by atoms with Crippen molar-refractivity contribution in [1.82, 2.24) is 0 Å². The number of benzene rings is 2. The molecule has 6 nitrogen and oxygen atoms in total. The quantitative estimate of drug-likeness (QED) is 0.459. The molecule has 0 radical (unpaired) electrons. The van der Waals surface area contributed by atoms with Crippen molar-refractivity contribution in [2.75, 3.05) is 32.9 Å². The fourth-order valence-electron chi connectivity index (χ4n) is 2.92. The van der Waals surface area contributed by atoms with Crippen LogP contribution in [0.5, 0.6) is 0 Å². The summed E-state index contributed by atoms with van der Waals surface area (Å²) >= 11 is 10.6. The number of halogens is 1. The molecular weight excluding hydrogens is 408 g/mol. The zero-order valence-corrected chi connectivity index (χ0v) is 18.6. The minimum absolute atomic E-state index is 0.157. The van der Waals surface area contributed by atoms with E-state index in [-0.39, 0.29) is 5.91 Å². The second-order valence-corrected chi connectivity index (χ2v) is 7.49. The largest absolute Gasteiger partial charge is 0.371 e. The van der Waals surface area contributed by atoms with Gasteiger partial charge in [-0.3, -0.25) is 4.79 Å². The zero-order valence-electron chi connectivity index (χ0n) is 16.9. The van der Waals surface area contributed by atoms with Crippen LogP contribution in [0.4, 0.5) is 27.5 Å². The van der Waals surface area contributed by atoms with Gasteiger partial charge in [0.05, 0.1) is 5.69 Å². The van der Waals surface area contributed by atoms with Gasteiger partial charge in [0.2, 0.25) is 5.91 Å². The molecular formula is C21H27ClN4O2S. The summed E-state index contributed by atoms with van der Waals surface area (Å²) in [5.41, 5.74) is 2.79. The van der Waals surface area contributed by atoms with E-state index in [1.54, 1.807) is 30.3 Å². The Morgan fingerprint density at radius 1 is 0.931 bits per heavy atom. The summed E-state index contributed by atoms with van der Waals surface area (Å²) in [5.74, 6) is -0.157. The maximum Gasteiger partial charge on any atom is 0.336 e. The van der Waals surface area contributed by atoms with Gasteiger partial charge < -0.3 is 15.5 Å². The summed E-state index contributed by atoms with van der Waals surface area (Å²) < 4.78 is 1.20. The van der Waals surface area contributed by atoms with E-state index in [9.17, 15) is 9.59 Å².